The average molecular weight is 568 g/mol. The van der Waals surface area contributed by atoms with Gasteiger partial charge in [-0.05, 0) is 74.5 Å². The molecule has 204 valence electrons. The fraction of sp³-hybridized carbons (Fsp3) is 0.500. The SMILES string of the molecule is N#Cc1ncc(N2C(=O)C3(CCC3)N(c3ccc(N4CCC(CN5CCNCC5)CC4)c(F)c3)C2=S)cc1Cl. The number of piperidine rings is 1. The third-order valence-corrected chi connectivity index (χ3v) is 9.31. The van der Waals surface area contributed by atoms with Gasteiger partial charge in [-0.1, -0.05) is 11.6 Å². The predicted molar refractivity (Wildman–Crippen MR) is 154 cm³/mol. The zero-order valence-electron chi connectivity index (χ0n) is 21.7. The fourth-order valence-electron chi connectivity index (χ4n) is 6.35. The Kier molecular flexibility index (Phi) is 7.18. The largest absolute Gasteiger partial charge is 0.369 e. The van der Waals surface area contributed by atoms with Gasteiger partial charge in [0.1, 0.15) is 17.4 Å². The number of hydrogen-bond donors (Lipinski definition) is 1. The number of thiocarbonyl (C=S) groups is 1. The fourth-order valence-corrected chi connectivity index (χ4v) is 7.02. The molecule has 1 saturated carbocycles. The van der Waals surface area contributed by atoms with Crippen LogP contribution in [0.4, 0.5) is 21.5 Å². The van der Waals surface area contributed by atoms with Crippen molar-refractivity contribution < 1.29 is 9.18 Å². The molecule has 11 heteroatoms. The van der Waals surface area contributed by atoms with E-state index in [1.165, 1.54) is 23.2 Å². The van der Waals surface area contributed by atoms with E-state index < -0.39 is 5.54 Å². The highest BCUT2D eigenvalue weighted by atomic mass is 35.5. The average Bonchev–Trinajstić information content (AvgIpc) is 3.16. The Balaban J connectivity index is 1.20. The van der Waals surface area contributed by atoms with Gasteiger partial charge in [0.2, 0.25) is 0 Å². The van der Waals surface area contributed by atoms with Crippen molar-refractivity contribution in [3.05, 3.63) is 47.0 Å². The van der Waals surface area contributed by atoms with Crippen LogP contribution < -0.4 is 20.0 Å². The number of amides is 1. The molecular formula is C28H31ClFN7OS. The highest BCUT2D eigenvalue weighted by Gasteiger charge is 2.59. The maximum Gasteiger partial charge on any atom is 0.259 e. The van der Waals surface area contributed by atoms with Crippen LogP contribution in [0.2, 0.25) is 5.02 Å². The van der Waals surface area contributed by atoms with Crippen LogP contribution in [0.5, 0.6) is 0 Å². The smallest absolute Gasteiger partial charge is 0.259 e. The number of piperazine rings is 1. The molecule has 6 rings (SSSR count). The first-order valence-corrected chi connectivity index (χ1v) is 14.4. The van der Waals surface area contributed by atoms with E-state index in [1.807, 2.05) is 18.2 Å². The van der Waals surface area contributed by atoms with Gasteiger partial charge in [-0.3, -0.25) is 9.69 Å². The Bertz CT molecular complexity index is 1330. The zero-order chi connectivity index (χ0) is 27.1. The minimum absolute atomic E-state index is 0.0821. The summed E-state index contributed by atoms with van der Waals surface area (Å²) in [5.74, 6) is 0.168. The van der Waals surface area contributed by atoms with E-state index in [4.69, 9.17) is 29.1 Å². The number of anilines is 3. The maximum absolute atomic E-state index is 15.6. The quantitative estimate of drug-likeness (QED) is 0.545. The minimum Gasteiger partial charge on any atom is -0.369 e. The van der Waals surface area contributed by atoms with E-state index in [2.05, 4.69) is 20.1 Å². The normalized spacial score (nSPS) is 21.9. The van der Waals surface area contributed by atoms with Gasteiger partial charge in [0, 0.05) is 51.5 Å². The maximum atomic E-state index is 15.6. The van der Waals surface area contributed by atoms with Gasteiger partial charge in [0.25, 0.3) is 5.91 Å². The van der Waals surface area contributed by atoms with E-state index in [0.29, 0.717) is 35.8 Å². The lowest BCUT2D eigenvalue weighted by Gasteiger charge is -2.43. The number of aromatic nitrogens is 1. The molecule has 3 saturated heterocycles. The van der Waals surface area contributed by atoms with E-state index >= 15 is 4.39 Å². The summed E-state index contributed by atoms with van der Waals surface area (Å²) in [5.41, 5.74) is 0.812. The molecule has 4 fully saturated rings. The molecule has 4 heterocycles. The van der Waals surface area contributed by atoms with E-state index in [1.54, 1.807) is 4.90 Å². The Morgan fingerprint density at radius 1 is 1.15 bits per heavy atom. The van der Waals surface area contributed by atoms with Crippen LogP contribution in [-0.4, -0.2) is 72.3 Å². The topological polar surface area (TPSA) is 78.7 Å². The van der Waals surface area contributed by atoms with Gasteiger partial charge in [-0.2, -0.15) is 5.26 Å². The summed E-state index contributed by atoms with van der Waals surface area (Å²) in [7, 11) is 0. The summed E-state index contributed by atoms with van der Waals surface area (Å²) in [5, 5.41) is 13.0. The van der Waals surface area contributed by atoms with Crippen LogP contribution in [-0.2, 0) is 4.79 Å². The molecule has 0 radical (unpaired) electrons. The first-order valence-electron chi connectivity index (χ1n) is 13.6. The van der Waals surface area contributed by atoms with Crippen LogP contribution in [0.1, 0.15) is 37.8 Å². The van der Waals surface area contributed by atoms with Gasteiger partial charge in [0.05, 0.1) is 22.6 Å². The van der Waals surface area contributed by atoms with Crippen molar-refractivity contribution in [3.63, 3.8) is 0 Å². The summed E-state index contributed by atoms with van der Waals surface area (Å²) in [6.45, 7) is 7.10. The summed E-state index contributed by atoms with van der Waals surface area (Å²) >= 11 is 12.0. The van der Waals surface area contributed by atoms with Crippen molar-refractivity contribution >= 4 is 51.9 Å². The van der Waals surface area contributed by atoms with E-state index in [0.717, 1.165) is 65.1 Å². The zero-order valence-corrected chi connectivity index (χ0v) is 23.3. The Hall–Kier alpha value is -2.84. The van der Waals surface area contributed by atoms with Gasteiger partial charge in [-0.15, -0.1) is 0 Å². The van der Waals surface area contributed by atoms with Crippen LogP contribution in [0, 0.1) is 23.1 Å². The lowest BCUT2D eigenvalue weighted by molar-refractivity contribution is -0.123. The number of hydrogen-bond acceptors (Lipinski definition) is 7. The van der Waals surface area contributed by atoms with Gasteiger partial charge in [-0.25, -0.2) is 9.37 Å². The highest BCUT2D eigenvalue weighted by Crippen LogP contribution is 2.48. The number of pyridine rings is 1. The van der Waals surface area contributed by atoms with Crippen molar-refractivity contribution in [3.8, 4) is 6.07 Å². The molecule has 3 aliphatic heterocycles. The summed E-state index contributed by atoms with van der Waals surface area (Å²) in [6.07, 6.45) is 5.67. The minimum atomic E-state index is -0.840. The molecule has 8 nitrogen and oxygen atoms in total. The second-order valence-corrected chi connectivity index (χ2v) is 11.7. The lowest BCUT2D eigenvalue weighted by atomic mass is 9.75. The van der Waals surface area contributed by atoms with Crippen LogP contribution >= 0.6 is 23.8 Å². The number of halogens is 2. The number of carbonyl (C=O) groups excluding carboxylic acids is 1. The van der Waals surface area contributed by atoms with Crippen molar-refractivity contribution in [1.82, 2.24) is 15.2 Å². The van der Waals surface area contributed by atoms with Crippen molar-refractivity contribution in [1.29, 1.82) is 5.26 Å². The predicted octanol–water partition coefficient (Wildman–Crippen LogP) is 3.93. The molecule has 4 aliphatic rings. The summed E-state index contributed by atoms with van der Waals surface area (Å²) in [6, 6.07) is 8.66. The first-order chi connectivity index (χ1) is 18.9. The second kappa shape index (κ2) is 10.6. The number of benzene rings is 1. The van der Waals surface area contributed by atoms with Gasteiger partial charge in [0.15, 0.2) is 10.8 Å². The molecule has 2 aromatic rings. The standard InChI is InChI=1S/C28H31ClFN7OS/c29-22-14-21(17-33-24(22)16-31)36-26(38)28(6-1-7-28)37(27(36)39)20-2-3-25(23(30)15-20)35-10-4-19(5-11-35)18-34-12-8-32-9-13-34/h2-3,14-15,17,19,32H,1,4-13,18H2. The molecule has 39 heavy (non-hydrogen) atoms. The van der Waals surface area contributed by atoms with E-state index in [-0.39, 0.29) is 27.6 Å². The van der Waals surface area contributed by atoms with E-state index in [9.17, 15) is 4.79 Å². The molecule has 0 atom stereocenters. The van der Waals surface area contributed by atoms with Gasteiger partial charge < -0.3 is 20.0 Å². The second-order valence-electron chi connectivity index (χ2n) is 10.9. The molecule has 0 unspecified atom stereocenters. The van der Waals surface area contributed by atoms with Crippen molar-refractivity contribution in [2.24, 2.45) is 5.92 Å². The van der Waals surface area contributed by atoms with Crippen LogP contribution in [0.25, 0.3) is 0 Å². The monoisotopic (exact) mass is 567 g/mol. The molecule has 1 aromatic heterocycles. The number of carbonyl (C=O) groups is 1. The van der Waals surface area contributed by atoms with Gasteiger partial charge >= 0.3 is 0 Å². The Labute approximate surface area is 238 Å². The summed E-state index contributed by atoms with van der Waals surface area (Å²) in [4.78, 5) is 25.7. The number of nitriles is 1. The Morgan fingerprint density at radius 2 is 1.90 bits per heavy atom. The van der Waals surface area contributed by atoms with Crippen LogP contribution in [0.15, 0.2) is 30.5 Å². The van der Waals surface area contributed by atoms with Crippen LogP contribution in [0.3, 0.4) is 0 Å². The molecular weight excluding hydrogens is 537 g/mol. The van der Waals surface area contributed by atoms with Crippen molar-refractivity contribution in [2.45, 2.75) is 37.6 Å². The molecule has 0 bridgehead atoms. The molecule has 1 amide bonds. The Morgan fingerprint density at radius 3 is 2.51 bits per heavy atom. The first kappa shape index (κ1) is 26.4. The molecule has 1 spiro atoms. The number of nitrogens with zero attached hydrogens (tertiary/aromatic N) is 6. The van der Waals surface area contributed by atoms with Crippen molar-refractivity contribution in [2.75, 3.05) is 60.5 Å². The summed E-state index contributed by atoms with van der Waals surface area (Å²) < 4.78 is 15.6. The third kappa shape index (κ3) is 4.65. The third-order valence-electron chi connectivity index (χ3n) is 8.65. The highest BCUT2D eigenvalue weighted by molar-refractivity contribution is 7.81. The molecule has 1 aliphatic carbocycles. The number of nitrogens with one attached hydrogen (secondary N) is 1. The lowest BCUT2D eigenvalue weighted by Crippen LogP contribution is -2.55. The molecule has 1 aromatic carbocycles. The molecule has 1 N–H and O–H groups in total. The number of rotatable bonds is 5.